The van der Waals surface area contributed by atoms with E-state index in [1.54, 1.807) is 0 Å². The van der Waals surface area contributed by atoms with Crippen LogP contribution in [-0.2, 0) is 4.79 Å². The highest BCUT2D eigenvalue weighted by atomic mass is 16.1. The molecule has 2 rings (SSSR count). The predicted octanol–water partition coefficient (Wildman–Crippen LogP) is 5.48. The summed E-state index contributed by atoms with van der Waals surface area (Å²) in [5, 5.41) is 3.54. The second kappa shape index (κ2) is 7.85. The van der Waals surface area contributed by atoms with Gasteiger partial charge in [0.05, 0.1) is 0 Å². The Labute approximate surface area is 143 Å². The third-order valence-electron chi connectivity index (χ3n) is 6.36. The molecule has 4 atom stereocenters. The quantitative estimate of drug-likeness (QED) is 0.618. The minimum absolute atomic E-state index is 0.0211. The van der Waals surface area contributed by atoms with Crippen molar-refractivity contribution < 1.29 is 4.79 Å². The maximum atomic E-state index is 12.6. The SMILES string of the molecule is C=C(C)C(=O)NC1(CCC(C)C)C(CCC)CC2CCCC1C2. The lowest BCUT2D eigenvalue weighted by Gasteiger charge is -2.55. The molecule has 2 nitrogen and oxygen atoms in total. The van der Waals surface area contributed by atoms with E-state index in [9.17, 15) is 4.79 Å². The van der Waals surface area contributed by atoms with Crippen LogP contribution in [0.2, 0.25) is 0 Å². The lowest BCUT2D eigenvalue weighted by Crippen LogP contribution is -2.62. The lowest BCUT2D eigenvalue weighted by molar-refractivity contribution is -0.123. The van der Waals surface area contributed by atoms with E-state index >= 15 is 0 Å². The van der Waals surface area contributed by atoms with E-state index in [0.717, 1.165) is 12.3 Å². The van der Waals surface area contributed by atoms with Crippen molar-refractivity contribution in [3.63, 3.8) is 0 Å². The Morgan fingerprint density at radius 3 is 2.65 bits per heavy atom. The third kappa shape index (κ3) is 4.19. The van der Waals surface area contributed by atoms with Crippen molar-refractivity contribution in [3.05, 3.63) is 12.2 Å². The van der Waals surface area contributed by atoms with Crippen molar-refractivity contribution in [1.82, 2.24) is 5.32 Å². The summed E-state index contributed by atoms with van der Waals surface area (Å²) >= 11 is 0. The van der Waals surface area contributed by atoms with Gasteiger partial charge in [-0.3, -0.25) is 4.79 Å². The number of hydrogen-bond acceptors (Lipinski definition) is 1. The standard InChI is InChI=1S/C21H37NO/c1-6-8-18-13-17-9-7-10-19(14-17)21(18,12-11-15(2)3)22-20(23)16(4)5/h15,17-19H,4,6-14H2,1-3,5H3,(H,22,23). The van der Waals surface area contributed by atoms with E-state index in [4.69, 9.17) is 0 Å². The number of rotatable bonds is 7. The molecular formula is C21H37NO. The van der Waals surface area contributed by atoms with Crippen molar-refractivity contribution in [2.75, 3.05) is 0 Å². The minimum Gasteiger partial charge on any atom is -0.346 e. The van der Waals surface area contributed by atoms with Crippen LogP contribution in [0.4, 0.5) is 0 Å². The number of nitrogens with one attached hydrogen (secondary N) is 1. The summed E-state index contributed by atoms with van der Waals surface area (Å²) in [6.07, 6.45) is 11.5. The molecule has 2 heteroatoms. The van der Waals surface area contributed by atoms with Crippen LogP contribution in [0, 0.1) is 23.7 Å². The van der Waals surface area contributed by atoms with Gasteiger partial charge in [-0.05, 0) is 69.1 Å². The third-order valence-corrected chi connectivity index (χ3v) is 6.36. The molecule has 0 heterocycles. The maximum absolute atomic E-state index is 12.6. The Morgan fingerprint density at radius 1 is 1.30 bits per heavy atom. The van der Waals surface area contributed by atoms with Gasteiger partial charge in [-0.1, -0.05) is 46.6 Å². The van der Waals surface area contributed by atoms with Crippen LogP contribution in [0.5, 0.6) is 0 Å². The van der Waals surface area contributed by atoms with Gasteiger partial charge >= 0.3 is 0 Å². The molecule has 4 unspecified atom stereocenters. The Bertz CT molecular complexity index is 428. The fraction of sp³-hybridized carbons (Fsp3) is 0.857. The summed E-state index contributed by atoms with van der Waals surface area (Å²) in [4.78, 5) is 12.6. The summed E-state index contributed by atoms with van der Waals surface area (Å²) in [5.41, 5.74) is 0.676. The van der Waals surface area contributed by atoms with Crippen LogP contribution >= 0.6 is 0 Å². The second-order valence-corrected chi connectivity index (χ2v) is 8.66. The van der Waals surface area contributed by atoms with Gasteiger partial charge in [0.1, 0.15) is 0 Å². The molecule has 0 radical (unpaired) electrons. The molecule has 0 spiro atoms. The van der Waals surface area contributed by atoms with E-state index in [-0.39, 0.29) is 11.4 Å². The zero-order valence-corrected chi connectivity index (χ0v) is 15.8. The number of carbonyl (C=O) groups excluding carboxylic acids is 1. The zero-order chi connectivity index (χ0) is 17.0. The van der Waals surface area contributed by atoms with E-state index in [0.29, 0.717) is 23.3 Å². The van der Waals surface area contributed by atoms with Crippen molar-refractivity contribution in [2.45, 2.75) is 91.0 Å². The average Bonchev–Trinajstić information content (AvgIpc) is 2.50. The highest BCUT2D eigenvalue weighted by molar-refractivity contribution is 5.92. The molecule has 0 aromatic carbocycles. The van der Waals surface area contributed by atoms with Gasteiger partial charge in [0.15, 0.2) is 0 Å². The topological polar surface area (TPSA) is 29.1 Å². The van der Waals surface area contributed by atoms with Gasteiger partial charge in [-0.15, -0.1) is 0 Å². The van der Waals surface area contributed by atoms with E-state index in [1.165, 1.54) is 51.4 Å². The normalized spacial score (nSPS) is 33.5. The van der Waals surface area contributed by atoms with Crippen LogP contribution in [0.1, 0.15) is 85.5 Å². The van der Waals surface area contributed by atoms with Gasteiger partial charge in [0, 0.05) is 11.1 Å². The summed E-state index contributed by atoms with van der Waals surface area (Å²) in [6, 6.07) is 0. The van der Waals surface area contributed by atoms with Crippen molar-refractivity contribution >= 4 is 5.91 Å². The van der Waals surface area contributed by atoms with Gasteiger partial charge < -0.3 is 5.32 Å². The first-order valence-electron chi connectivity index (χ1n) is 9.87. The minimum atomic E-state index is 0.0211. The van der Waals surface area contributed by atoms with Crippen LogP contribution in [0.3, 0.4) is 0 Å². The first-order valence-corrected chi connectivity index (χ1v) is 9.87. The van der Waals surface area contributed by atoms with E-state index < -0.39 is 0 Å². The molecule has 0 aromatic heterocycles. The van der Waals surface area contributed by atoms with E-state index in [1.807, 2.05) is 6.92 Å². The highest BCUT2D eigenvalue weighted by Gasteiger charge is 2.51. The Kier molecular flexibility index (Phi) is 6.33. The zero-order valence-electron chi connectivity index (χ0n) is 15.8. The van der Waals surface area contributed by atoms with Crippen LogP contribution in [0.25, 0.3) is 0 Å². The monoisotopic (exact) mass is 319 g/mol. The molecule has 2 fully saturated rings. The molecular weight excluding hydrogens is 282 g/mol. The molecule has 1 N–H and O–H groups in total. The van der Waals surface area contributed by atoms with Crippen LogP contribution in [0.15, 0.2) is 12.2 Å². The summed E-state index contributed by atoms with van der Waals surface area (Å²) < 4.78 is 0. The van der Waals surface area contributed by atoms with Crippen molar-refractivity contribution in [3.8, 4) is 0 Å². The fourth-order valence-corrected chi connectivity index (χ4v) is 5.16. The van der Waals surface area contributed by atoms with E-state index in [2.05, 4.69) is 32.7 Å². The second-order valence-electron chi connectivity index (χ2n) is 8.66. The largest absolute Gasteiger partial charge is 0.346 e. The van der Waals surface area contributed by atoms with Gasteiger partial charge in [-0.2, -0.15) is 0 Å². The van der Waals surface area contributed by atoms with Crippen LogP contribution < -0.4 is 5.32 Å². The summed E-state index contributed by atoms with van der Waals surface area (Å²) in [7, 11) is 0. The molecule has 0 aromatic rings. The van der Waals surface area contributed by atoms with Gasteiger partial charge in [0.2, 0.25) is 5.91 Å². The molecule has 2 saturated carbocycles. The number of carbonyl (C=O) groups is 1. The molecule has 132 valence electrons. The lowest BCUT2D eigenvalue weighted by atomic mass is 9.55. The average molecular weight is 320 g/mol. The van der Waals surface area contributed by atoms with Crippen molar-refractivity contribution in [1.29, 1.82) is 0 Å². The number of fused-ring (bicyclic) bond motifs is 2. The fourth-order valence-electron chi connectivity index (χ4n) is 5.16. The Morgan fingerprint density at radius 2 is 2.04 bits per heavy atom. The molecule has 2 aliphatic rings. The van der Waals surface area contributed by atoms with Crippen LogP contribution in [-0.4, -0.2) is 11.4 Å². The van der Waals surface area contributed by atoms with Gasteiger partial charge in [-0.25, -0.2) is 0 Å². The number of amides is 1. The maximum Gasteiger partial charge on any atom is 0.246 e. The molecule has 0 aliphatic heterocycles. The molecule has 2 aliphatic carbocycles. The molecule has 2 bridgehead atoms. The first kappa shape index (κ1) is 18.5. The molecule has 0 saturated heterocycles. The first-order chi connectivity index (χ1) is 10.9. The molecule has 1 amide bonds. The summed E-state index contributed by atoms with van der Waals surface area (Å²) in [5.74, 6) is 3.00. The smallest absolute Gasteiger partial charge is 0.246 e. The number of hydrogen-bond donors (Lipinski definition) is 1. The van der Waals surface area contributed by atoms with Gasteiger partial charge in [0.25, 0.3) is 0 Å². The Hall–Kier alpha value is -0.790. The van der Waals surface area contributed by atoms with Crippen molar-refractivity contribution in [2.24, 2.45) is 23.7 Å². The highest BCUT2D eigenvalue weighted by Crippen LogP contribution is 2.52. The summed E-state index contributed by atoms with van der Waals surface area (Å²) in [6.45, 7) is 12.6. The molecule has 23 heavy (non-hydrogen) atoms. The predicted molar refractivity (Wildman–Crippen MR) is 98.2 cm³/mol. The Balaban J connectivity index is 2.31.